The van der Waals surface area contributed by atoms with Gasteiger partial charge in [-0.1, -0.05) is 71.6 Å². The number of unbranched alkanes of at least 4 members (excludes halogenated alkanes) is 7. The van der Waals surface area contributed by atoms with Gasteiger partial charge in [0.15, 0.2) is 0 Å². The van der Waals surface area contributed by atoms with Crippen molar-refractivity contribution in [2.75, 3.05) is 0 Å². The van der Waals surface area contributed by atoms with Crippen LogP contribution in [-0.2, 0) is 10.1 Å². The Morgan fingerprint density at radius 2 is 1.26 bits per heavy atom. The molecule has 0 saturated carbocycles. The van der Waals surface area contributed by atoms with Crippen LogP contribution in [0.25, 0.3) is 0 Å². The zero-order valence-electron chi connectivity index (χ0n) is 15.4. The molecule has 2 unspecified atom stereocenters. The van der Waals surface area contributed by atoms with Crippen LogP contribution in [0, 0.1) is 0 Å². The average molecular weight is 359 g/mol. The average Bonchev–Trinajstić information content (AvgIpc) is 2.45. The first-order valence-electron chi connectivity index (χ1n) is 9.04. The molecule has 0 aromatic heterocycles. The smallest absolute Gasteiger partial charge is 0.748 e. The van der Waals surface area contributed by atoms with Gasteiger partial charge in [-0.15, -0.1) is 0 Å². The van der Waals surface area contributed by atoms with Gasteiger partial charge in [-0.3, -0.25) is 0 Å². The molecule has 0 rings (SSSR count). The van der Waals surface area contributed by atoms with Gasteiger partial charge in [-0.2, -0.15) is 0 Å². The van der Waals surface area contributed by atoms with Crippen molar-refractivity contribution in [3.05, 3.63) is 0 Å². The molecule has 134 valence electrons. The van der Waals surface area contributed by atoms with Gasteiger partial charge >= 0.3 is 29.6 Å². The Morgan fingerprint density at radius 1 is 0.826 bits per heavy atom. The van der Waals surface area contributed by atoms with Crippen LogP contribution in [0.1, 0.15) is 97.3 Å². The predicted molar refractivity (Wildman–Crippen MR) is 90.9 cm³/mol. The Kier molecular flexibility index (Phi) is 18.5. The Bertz CT molecular complexity index is 347. The molecule has 6 heteroatoms. The molecule has 1 N–H and O–H groups in total. The van der Waals surface area contributed by atoms with Crippen molar-refractivity contribution in [1.29, 1.82) is 0 Å². The summed E-state index contributed by atoms with van der Waals surface area (Å²) in [5.41, 5.74) is 0. The number of aliphatic hydroxyl groups is 1. The van der Waals surface area contributed by atoms with Gasteiger partial charge in [-0.25, -0.2) is 8.42 Å². The molecule has 0 fully saturated rings. The normalized spacial score (nSPS) is 14.3. The second-order valence-corrected chi connectivity index (χ2v) is 8.02. The van der Waals surface area contributed by atoms with E-state index in [1.54, 1.807) is 6.92 Å². The zero-order chi connectivity index (χ0) is 16.8. The minimum Gasteiger partial charge on any atom is -0.748 e. The third-order valence-electron chi connectivity index (χ3n) is 4.32. The maximum atomic E-state index is 10.9. The van der Waals surface area contributed by atoms with E-state index in [0.717, 1.165) is 44.9 Å². The fourth-order valence-corrected chi connectivity index (χ4v) is 3.65. The summed E-state index contributed by atoms with van der Waals surface area (Å²) in [6.45, 7) is 3.95. The molecule has 0 spiro atoms. The molecule has 0 aromatic carbocycles. The maximum Gasteiger partial charge on any atom is 1.00 e. The minimum absolute atomic E-state index is 0. The summed E-state index contributed by atoms with van der Waals surface area (Å²) < 4.78 is 32.8. The second-order valence-electron chi connectivity index (χ2n) is 6.37. The molecule has 0 aliphatic rings. The molecule has 0 amide bonds. The van der Waals surface area contributed by atoms with Crippen molar-refractivity contribution >= 4 is 10.1 Å². The molecule has 23 heavy (non-hydrogen) atoms. The van der Waals surface area contributed by atoms with E-state index in [9.17, 15) is 18.1 Å². The molecule has 4 nitrogen and oxygen atoms in total. The van der Waals surface area contributed by atoms with Crippen LogP contribution < -0.4 is 29.6 Å². The summed E-state index contributed by atoms with van der Waals surface area (Å²) in [6, 6.07) is 0. The van der Waals surface area contributed by atoms with Crippen molar-refractivity contribution in [3.63, 3.8) is 0 Å². The molecular formula is C17H35NaO4S. The SMILES string of the molecule is CCCCCCCC(O)CCCCCCC(CC)S(=O)(=O)[O-].[Na+]. The van der Waals surface area contributed by atoms with Crippen LogP contribution in [-0.4, -0.2) is 29.4 Å². The third-order valence-corrected chi connectivity index (χ3v) is 5.70. The second kappa shape index (κ2) is 16.3. The van der Waals surface area contributed by atoms with Gasteiger partial charge < -0.3 is 9.66 Å². The fraction of sp³-hybridized carbons (Fsp3) is 1.00. The number of aliphatic hydroxyl groups excluding tert-OH is 1. The predicted octanol–water partition coefficient (Wildman–Crippen LogP) is 1.38. The first-order chi connectivity index (χ1) is 10.4. The van der Waals surface area contributed by atoms with E-state index < -0.39 is 15.4 Å². The van der Waals surface area contributed by atoms with E-state index in [0.29, 0.717) is 12.8 Å². The molecular weight excluding hydrogens is 323 g/mol. The Hall–Kier alpha value is 0.870. The van der Waals surface area contributed by atoms with Gasteiger partial charge in [0.1, 0.15) is 0 Å². The number of rotatable bonds is 15. The quantitative estimate of drug-likeness (QED) is 0.272. The summed E-state index contributed by atoms with van der Waals surface area (Å²) in [5.74, 6) is 0. The third kappa shape index (κ3) is 16.1. The topological polar surface area (TPSA) is 77.4 Å². The molecule has 0 aromatic rings. The van der Waals surface area contributed by atoms with Crippen molar-refractivity contribution in [2.24, 2.45) is 0 Å². The summed E-state index contributed by atoms with van der Waals surface area (Å²) in [5, 5.41) is 9.15. The fourth-order valence-electron chi connectivity index (χ4n) is 2.79. The molecule has 0 saturated heterocycles. The first-order valence-corrected chi connectivity index (χ1v) is 10.5. The van der Waals surface area contributed by atoms with Crippen LogP contribution in [0.2, 0.25) is 0 Å². The van der Waals surface area contributed by atoms with Gasteiger partial charge in [0.2, 0.25) is 0 Å². The van der Waals surface area contributed by atoms with E-state index >= 15 is 0 Å². The first kappa shape index (κ1) is 26.1. The van der Waals surface area contributed by atoms with Gasteiger partial charge in [-0.05, 0) is 25.7 Å². The standard InChI is InChI=1S/C17H36O4S.Na/c1-3-5-6-7-10-13-16(18)14-11-8-9-12-15-17(4-2)22(19,20)21;/h16-18H,3-15H2,1-2H3,(H,19,20,21);/q;+1/p-1. The minimum atomic E-state index is -4.13. The van der Waals surface area contributed by atoms with E-state index in [-0.39, 0.29) is 35.7 Å². The van der Waals surface area contributed by atoms with Crippen molar-refractivity contribution in [3.8, 4) is 0 Å². The Morgan fingerprint density at radius 3 is 1.65 bits per heavy atom. The summed E-state index contributed by atoms with van der Waals surface area (Å²) in [6.07, 6.45) is 12.3. The van der Waals surface area contributed by atoms with Crippen LogP contribution in [0.3, 0.4) is 0 Å². The monoisotopic (exact) mass is 358 g/mol. The number of hydrogen-bond acceptors (Lipinski definition) is 4. The summed E-state index contributed by atoms with van der Waals surface area (Å²) >= 11 is 0. The van der Waals surface area contributed by atoms with Gasteiger partial charge in [0, 0.05) is 5.25 Å². The molecule has 0 bridgehead atoms. The molecule has 0 aliphatic heterocycles. The summed E-state index contributed by atoms with van der Waals surface area (Å²) in [7, 11) is -4.13. The van der Waals surface area contributed by atoms with Crippen LogP contribution >= 0.6 is 0 Å². The molecule has 0 aliphatic carbocycles. The Balaban J connectivity index is 0. The van der Waals surface area contributed by atoms with Gasteiger partial charge in [0.05, 0.1) is 16.2 Å². The van der Waals surface area contributed by atoms with E-state index in [2.05, 4.69) is 6.92 Å². The van der Waals surface area contributed by atoms with Crippen molar-refractivity contribution < 1.29 is 47.6 Å². The van der Waals surface area contributed by atoms with E-state index in [4.69, 9.17) is 0 Å². The van der Waals surface area contributed by atoms with Crippen LogP contribution in [0.4, 0.5) is 0 Å². The maximum absolute atomic E-state index is 10.9. The van der Waals surface area contributed by atoms with Crippen molar-refractivity contribution in [2.45, 2.75) is 109 Å². The zero-order valence-corrected chi connectivity index (χ0v) is 18.2. The van der Waals surface area contributed by atoms with Crippen LogP contribution in [0.15, 0.2) is 0 Å². The molecule has 0 heterocycles. The largest absolute Gasteiger partial charge is 1.00 e. The molecule has 2 atom stereocenters. The number of hydrogen-bond donors (Lipinski definition) is 1. The van der Waals surface area contributed by atoms with Crippen molar-refractivity contribution in [1.82, 2.24) is 0 Å². The summed E-state index contributed by atoms with van der Waals surface area (Å²) in [4.78, 5) is 0. The molecule has 0 radical (unpaired) electrons. The van der Waals surface area contributed by atoms with Gasteiger partial charge in [0.25, 0.3) is 0 Å². The Labute approximate surface area is 165 Å². The van der Waals surface area contributed by atoms with E-state index in [1.165, 1.54) is 25.7 Å². The van der Waals surface area contributed by atoms with Crippen LogP contribution in [0.5, 0.6) is 0 Å². The van der Waals surface area contributed by atoms with E-state index in [1.807, 2.05) is 0 Å².